The van der Waals surface area contributed by atoms with Crippen molar-refractivity contribution >= 4 is 17.6 Å². The second-order valence-corrected chi connectivity index (χ2v) is 0.934. The van der Waals surface area contributed by atoms with Crippen molar-refractivity contribution < 1.29 is 0 Å². The van der Waals surface area contributed by atoms with Gasteiger partial charge in [-0.2, -0.15) is 0 Å². The zero-order chi connectivity index (χ0) is 4.12. The minimum Gasteiger partial charge on any atom is -0.0887 e. The SMILES string of the molecule is C/C=C/C=S. The third-order valence-corrected chi connectivity index (χ3v) is 0.428. The predicted octanol–water partition coefficient (Wildman–Crippen LogP) is 1.56. The summed E-state index contributed by atoms with van der Waals surface area (Å²) in [6, 6.07) is 0. The van der Waals surface area contributed by atoms with Crippen LogP contribution < -0.4 is 0 Å². The van der Waals surface area contributed by atoms with Gasteiger partial charge in [-0.25, -0.2) is 0 Å². The molecule has 0 aromatic rings. The molecule has 0 unspecified atom stereocenters. The number of hydrogen-bond acceptors (Lipinski definition) is 1. The third-order valence-electron chi connectivity index (χ3n) is 0.271. The van der Waals surface area contributed by atoms with Crippen LogP contribution in [-0.4, -0.2) is 5.37 Å². The smallest absolute Gasteiger partial charge is 0.00102 e. The highest BCUT2D eigenvalue weighted by Crippen LogP contribution is 1.59. The molecule has 0 bridgehead atoms. The van der Waals surface area contributed by atoms with Crippen LogP contribution in [0.25, 0.3) is 0 Å². The highest BCUT2D eigenvalue weighted by atomic mass is 32.1. The molecule has 0 aromatic carbocycles. The molecular formula is C4H6S. The van der Waals surface area contributed by atoms with E-state index < -0.39 is 0 Å². The van der Waals surface area contributed by atoms with Crippen LogP contribution in [0.4, 0.5) is 0 Å². The van der Waals surface area contributed by atoms with E-state index in [4.69, 9.17) is 0 Å². The summed E-state index contributed by atoms with van der Waals surface area (Å²) in [6.45, 7) is 1.93. The van der Waals surface area contributed by atoms with Crippen molar-refractivity contribution in [3.8, 4) is 0 Å². The van der Waals surface area contributed by atoms with Gasteiger partial charge in [0.1, 0.15) is 0 Å². The number of hydrogen-bond donors (Lipinski definition) is 0. The standard InChI is InChI=1S/C4H6S/c1-2-3-4-5/h2-4H,1H3/b3-2+. The fourth-order valence-electron chi connectivity index (χ4n) is 0.0786. The molecule has 0 amide bonds. The van der Waals surface area contributed by atoms with Crippen molar-refractivity contribution in [2.75, 3.05) is 0 Å². The van der Waals surface area contributed by atoms with Gasteiger partial charge in [0.05, 0.1) is 0 Å². The molecule has 0 rings (SSSR count). The summed E-state index contributed by atoms with van der Waals surface area (Å²) >= 11 is 4.44. The molecule has 0 saturated carbocycles. The normalized spacial score (nSPS) is 9.00. The van der Waals surface area contributed by atoms with Crippen LogP contribution in [0.15, 0.2) is 12.2 Å². The van der Waals surface area contributed by atoms with E-state index in [-0.39, 0.29) is 0 Å². The molecule has 0 spiro atoms. The van der Waals surface area contributed by atoms with E-state index in [1.165, 1.54) is 0 Å². The molecule has 0 heterocycles. The van der Waals surface area contributed by atoms with Crippen LogP contribution in [-0.2, 0) is 0 Å². The fraction of sp³-hybridized carbons (Fsp3) is 0.250. The summed E-state index contributed by atoms with van der Waals surface area (Å²) in [5, 5.41) is 1.58. The van der Waals surface area contributed by atoms with E-state index in [0.29, 0.717) is 0 Å². The zero-order valence-electron chi connectivity index (χ0n) is 3.14. The van der Waals surface area contributed by atoms with E-state index in [0.717, 1.165) is 0 Å². The fourth-order valence-corrected chi connectivity index (χ4v) is 0.236. The van der Waals surface area contributed by atoms with Crippen LogP contribution in [0.5, 0.6) is 0 Å². The van der Waals surface area contributed by atoms with Crippen molar-refractivity contribution in [1.82, 2.24) is 0 Å². The number of allylic oxidation sites excluding steroid dienone is 2. The van der Waals surface area contributed by atoms with Crippen molar-refractivity contribution in [3.05, 3.63) is 12.2 Å². The Bertz CT molecular complexity index is 45.6. The van der Waals surface area contributed by atoms with E-state index in [9.17, 15) is 0 Å². The number of rotatable bonds is 1. The number of thiocarbonyl (C=S) groups is 1. The molecule has 0 aliphatic carbocycles. The second kappa shape index (κ2) is 3.83. The first-order valence-electron chi connectivity index (χ1n) is 1.48. The lowest BCUT2D eigenvalue weighted by Gasteiger charge is -1.54. The van der Waals surface area contributed by atoms with Gasteiger partial charge in [-0.05, 0) is 6.92 Å². The molecule has 0 aliphatic heterocycles. The molecular weight excluding hydrogens is 80.1 g/mol. The highest BCUT2D eigenvalue weighted by Gasteiger charge is 1.44. The van der Waals surface area contributed by atoms with Gasteiger partial charge in [-0.15, -0.1) is 0 Å². The van der Waals surface area contributed by atoms with Crippen molar-refractivity contribution in [2.45, 2.75) is 6.92 Å². The molecule has 0 atom stereocenters. The average Bonchev–Trinajstić information content (AvgIpc) is 1.41. The maximum absolute atomic E-state index is 4.44. The van der Waals surface area contributed by atoms with Crippen LogP contribution in [0.1, 0.15) is 6.92 Å². The van der Waals surface area contributed by atoms with Crippen LogP contribution in [0.2, 0.25) is 0 Å². The summed E-state index contributed by atoms with van der Waals surface area (Å²) in [5.74, 6) is 0. The minimum atomic E-state index is 1.58. The van der Waals surface area contributed by atoms with Gasteiger partial charge >= 0.3 is 0 Å². The molecule has 0 nitrogen and oxygen atoms in total. The first-order valence-corrected chi connectivity index (χ1v) is 1.95. The summed E-state index contributed by atoms with van der Waals surface area (Å²) in [7, 11) is 0. The van der Waals surface area contributed by atoms with Gasteiger partial charge in [0.15, 0.2) is 0 Å². The summed E-state index contributed by atoms with van der Waals surface area (Å²) in [4.78, 5) is 0. The van der Waals surface area contributed by atoms with Crippen molar-refractivity contribution in [1.29, 1.82) is 0 Å². The first kappa shape index (κ1) is 4.83. The topological polar surface area (TPSA) is 0 Å². The maximum atomic E-state index is 4.44. The van der Waals surface area contributed by atoms with Gasteiger partial charge in [0.2, 0.25) is 0 Å². The first-order chi connectivity index (χ1) is 2.41. The lowest BCUT2D eigenvalue weighted by molar-refractivity contribution is 1.78. The Morgan fingerprint density at radius 3 is 2.20 bits per heavy atom. The quantitative estimate of drug-likeness (QED) is 0.345. The minimum absolute atomic E-state index is 1.58. The molecule has 0 radical (unpaired) electrons. The largest absolute Gasteiger partial charge is 0.0887 e. The van der Waals surface area contributed by atoms with Gasteiger partial charge < -0.3 is 0 Å². The summed E-state index contributed by atoms with van der Waals surface area (Å²) in [5.41, 5.74) is 0. The molecule has 1 heteroatoms. The third kappa shape index (κ3) is 3.83. The predicted molar refractivity (Wildman–Crippen MR) is 28.5 cm³/mol. The van der Waals surface area contributed by atoms with Gasteiger partial charge in [0.25, 0.3) is 0 Å². The molecule has 5 heavy (non-hydrogen) atoms. The Kier molecular flexibility index (Phi) is 3.70. The molecule has 0 N–H and O–H groups in total. The van der Waals surface area contributed by atoms with Gasteiger partial charge in [0, 0.05) is 5.37 Å². The second-order valence-electron chi connectivity index (χ2n) is 0.662. The Labute approximate surface area is 37.5 Å². The summed E-state index contributed by atoms with van der Waals surface area (Å²) < 4.78 is 0. The van der Waals surface area contributed by atoms with Gasteiger partial charge in [-0.1, -0.05) is 24.4 Å². The molecule has 0 fully saturated rings. The Morgan fingerprint density at radius 2 is 2.20 bits per heavy atom. The highest BCUT2D eigenvalue weighted by molar-refractivity contribution is 7.79. The van der Waals surface area contributed by atoms with Crippen LogP contribution in [0.3, 0.4) is 0 Å². The van der Waals surface area contributed by atoms with Crippen molar-refractivity contribution in [3.63, 3.8) is 0 Å². The molecule has 0 aliphatic rings. The Hall–Kier alpha value is -0.170. The van der Waals surface area contributed by atoms with Crippen LogP contribution >= 0.6 is 12.2 Å². The average molecular weight is 86.2 g/mol. The molecule has 28 valence electrons. The van der Waals surface area contributed by atoms with Crippen LogP contribution in [0, 0.1) is 0 Å². The van der Waals surface area contributed by atoms with E-state index in [1.807, 2.05) is 19.1 Å². The summed E-state index contributed by atoms with van der Waals surface area (Å²) in [6.07, 6.45) is 3.71. The molecule has 0 saturated heterocycles. The maximum Gasteiger partial charge on any atom is 0.00102 e. The van der Waals surface area contributed by atoms with Gasteiger partial charge in [-0.3, -0.25) is 0 Å². The lowest BCUT2D eigenvalue weighted by Crippen LogP contribution is -1.44. The van der Waals surface area contributed by atoms with E-state index in [2.05, 4.69) is 12.2 Å². The Balaban J connectivity index is 2.92. The lowest BCUT2D eigenvalue weighted by atomic mass is 10.6. The monoisotopic (exact) mass is 86.0 g/mol. The molecule has 0 aromatic heterocycles. The van der Waals surface area contributed by atoms with E-state index in [1.54, 1.807) is 5.37 Å². The van der Waals surface area contributed by atoms with Crippen molar-refractivity contribution in [2.24, 2.45) is 0 Å². The Morgan fingerprint density at radius 1 is 1.60 bits per heavy atom. The van der Waals surface area contributed by atoms with E-state index >= 15 is 0 Å². The zero-order valence-corrected chi connectivity index (χ0v) is 3.96.